The number of hydrogen-bond acceptors (Lipinski definition) is 2. The van der Waals surface area contributed by atoms with E-state index >= 15 is 0 Å². The van der Waals surface area contributed by atoms with Crippen LogP contribution in [0.4, 0.5) is 0 Å². The van der Waals surface area contributed by atoms with Crippen LogP contribution in [0.1, 0.15) is 0 Å². The van der Waals surface area contributed by atoms with E-state index in [-0.39, 0.29) is 40.0 Å². The Kier molecular flexibility index (Phi) is 6.21. The zero-order chi connectivity index (χ0) is 11.5. The number of halogens is 1. The van der Waals surface area contributed by atoms with Crippen LogP contribution in [-0.4, -0.2) is 38.0 Å². The van der Waals surface area contributed by atoms with Crippen LogP contribution in [0, 0.1) is 6.20 Å². The zero-order valence-corrected chi connectivity index (χ0v) is 13.2. The molecule has 0 aliphatic rings. The normalized spacial score (nSPS) is 9.26. The first-order chi connectivity index (χ1) is 8.45. The van der Waals surface area contributed by atoms with E-state index in [1.54, 1.807) is 4.68 Å². The third-order valence-corrected chi connectivity index (χ3v) is 2.55. The summed E-state index contributed by atoms with van der Waals surface area (Å²) in [4.78, 5) is 0. The smallest absolute Gasteiger partial charge is 1.00 e. The monoisotopic (exact) mass is 323 g/mol. The number of para-hydroxylation sites is 1. The van der Waals surface area contributed by atoms with Crippen molar-refractivity contribution >= 4 is 23.1 Å². The van der Waals surface area contributed by atoms with E-state index in [9.17, 15) is 0 Å². The zero-order valence-electron chi connectivity index (χ0n) is 10.2. The van der Waals surface area contributed by atoms with Crippen LogP contribution in [0.2, 0.25) is 0 Å². The van der Waals surface area contributed by atoms with E-state index in [1.165, 1.54) is 0 Å². The van der Waals surface area contributed by atoms with E-state index in [0.717, 1.165) is 16.9 Å². The standard InChI is InChI=1S/C14H10N3.BrH.Mg/c1-3-7-12(8-4-1)14-11-15-16-17(14)13-9-5-2-6-10-13;;/h1-10H;1H;/q-1;;+2/p-1. The fourth-order valence-electron chi connectivity index (χ4n) is 1.74. The molecule has 0 bridgehead atoms. The summed E-state index contributed by atoms with van der Waals surface area (Å²) in [6.07, 6.45) is 2.92. The molecule has 0 amide bonds. The minimum absolute atomic E-state index is 0. The van der Waals surface area contributed by atoms with Crippen LogP contribution >= 0.6 is 0 Å². The summed E-state index contributed by atoms with van der Waals surface area (Å²) in [6, 6.07) is 19.9. The molecular formula is C14H10BrMgN3. The molecule has 0 fully saturated rings. The third kappa shape index (κ3) is 3.43. The first-order valence-electron chi connectivity index (χ1n) is 5.39. The van der Waals surface area contributed by atoms with Crippen LogP contribution in [-0.2, 0) is 0 Å². The van der Waals surface area contributed by atoms with Gasteiger partial charge < -0.3 is 17.0 Å². The molecule has 0 aliphatic heterocycles. The summed E-state index contributed by atoms with van der Waals surface area (Å²) in [7, 11) is 0. The summed E-state index contributed by atoms with van der Waals surface area (Å²) in [5, 5.41) is 7.94. The second kappa shape index (κ2) is 7.42. The fraction of sp³-hybridized carbons (Fsp3) is 0. The van der Waals surface area contributed by atoms with Crippen LogP contribution < -0.4 is 17.0 Å². The van der Waals surface area contributed by atoms with E-state index < -0.39 is 0 Å². The van der Waals surface area contributed by atoms with Crippen LogP contribution in [0.25, 0.3) is 16.9 Å². The summed E-state index contributed by atoms with van der Waals surface area (Å²) < 4.78 is 1.79. The minimum Gasteiger partial charge on any atom is -1.00 e. The number of aromatic nitrogens is 3. The molecule has 0 spiro atoms. The maximum Gasteiger partial charge on any atom is 2.00 e. The maximum absolute atomic E-state index is 4.07. The summed E-state index contributed by atoms with van der Waals surface area (Å²) in [6.45, 7) is 0. The van der Waals surface area contributed by atoms with Gasteiger partial charge in [0.05, 0.1) is 5.69 Å². The van der Waals surface area contributed by atoms with Gasteiger partial charge in [0.2, 0.25) is 0 Å². The molecule has 5 heteroatoms. The van der Waals surface area contributed by atoms with Gasteiger partial charge in [0.1, 0.15) is 0 Å². The third-order valence-electron chi connectivity index (χ3n) is 2.55. The molecule has 0 N–H and O–H groups in total. The SMILES string of the molecule is [Br-].[Mg+2].[c-]1nnn(-c2ccccc2)c1-c1ccccc1. The molecule has 0 radical (unpaired) electrons. The average Bonchev–Trinajstić information content (AvgIpc) is 2.90. The van der Waals surface area contributed by atoms with Gasteiger partial charge in [-0.15, -0.1) is 17.7 Å². The predicted molar refractivity (Wildman–Crippen MR) is 71.4 cm³/mol. The largest absolute Gasteiger partial charge is 2.00 e. The molecular weight excluding hydrogens is 314 g/mol. The fourth-order valence-corrected chi connectivity index (χ4v) is 1.74. The van der Waals surface area contributed by atoms with Crippen molar-refractivity contribution in [2.45, 2.75) is 0 Å². The number of nitrogens with zero attached hydrogens (tertiary/aromatic N) is 3. The first kappa shape index (κ1) is 15.9. The summed E-state index contributed by atoms with van der Waals surface area (Å²) >= 11 is 0. The van der Waals surface area contributed by atoms with Crippen molar-refractivity contribution in [2.75, 3.05) is 0 Å². The van der Waals surface area contributed by atoms with Crippen molar-refractivity contribution in [3.8, 4) is 16.9 Å². The first-order valence-corrected chi connectivity index (χ1v) is 5.39. The summed E-state index contributed by atoms with van der Waals surface area (Å²) in [5.41, 5.74) is 2.92. The Labute approximate surface area is 138 Å². The molecule has 3 rings (SSSR count). The van der Waals surface area contributed by atoms with Gasteiger partial charge in [-0.05, 0) is 12.1 Å². The van der Waals surface area contributed by atoms with Gasteiger partial charge in [-0.25, -0.2) is 5.10 Å². The Bertz CT molecular complexity index is 557. The van der Waals surface area contributed by atoms with E-state index in [0.29, 0.717) is 0 Å². The number of benzene rings is 2. The second-order valence-corrected chi connectivity index (χ2v) is 3.66. The quantitative estimate of drug-likeness (QED) is 0.464. The maximum atomic E-state index is 4.07. The van der Waals surface area contributed by atoms with E-state index in [1.807, 2.05) is 60.7 Å². The molecule has 3 aromatic rings. The topological polar surface area (TPSA) is 30.7 Å². The molecule has 1 heterocycles. The van der Waals surface area contributed by atoms with Gasteiger partial charge >= 0.3 is 23.1 Å². The Morgan fingerprint density at radius 2 is 1.42 bits per heavy atom. The van der Waals surface area contributed by atoms with Gasteiger partial charge in [0, 0.05) is 0 Å². The van der Waals surface area contributed by atoms with Gasteiger partial charge in [-0.3, -0.25) is 4.68 Å². The van der Waals surface area contributed by atoms with Gasteiger partial charge in [-0.2, -0.15) is 0 Å². The van der Waals surface area contributed by atoms with Crippen LogP contribution in [0.15, 0.2) is 60.7 Å². The van der Waals surface area contributed by atoms with Crippen molar-refractivity contribution < 1.29 is 17.0 Å². The Morgan fingerprint density at radius 3 is 2.05 bits per heavy atom. The van der Waals surface area contributed by atoms with Gasteiger partial charge in [0.25, 0.3) is 0 Å². The molecule has 0 saturated heterocycles. The van der Waals surface area contributed by atoms with E-state index in [2.05, 4.69) is 16.5 Å². The Balaban J connectivity index is 0.000000902. The minimum atomic E-state index is 0. The average molecular weight is 324 g/mol. The number of hydrogen-bond donors (Lipinski definition) is 0. The molecule has 19 heavy (non-hydrogen) atoms. The second-order valence-electron chi connectivity index (χ2n) is 3.66. The molecule has 0 unspecified atom stereocenters. The van der Waals surface area contributed by atoms with Crippen molar-refractivity contribution in [3.63, 3.8) is 0 Å². The molecule has 90 valence electrons. The number of rotatable bonds is 2. The Hall–Kier alpha value is -1.17. The van der Waals surface area contributed by atoms with Crippen molar-refractivity contribution in [2.24, 2.45) is 0 Å². The molecule has 3 nitrogen and oxygen atoms in total. The molecule has 1 aromatic heterocycles. The molecule has 0 atom stereocenters. The van der Waals surface area contributed by atoms with Crippen LogP contribution in [0.5, 0.6) is 0 Å². The summed E-state index contributed by atoms with van der Waals surface area (Å²) in [5.74, 6) is 0. The molecule has 2 aromatic carbocycles. The van der Waals surface area contributed by atoms with Gasteiger partial charge in [0.15, 0.2) is 0 Å². The van der Waals surface area contributed by atoms with Crippen LogP contribution in [0.3, 0.4) is 0 Å². The van der Waals surface area contributed by atoms with Gasteiger partial charge in [-0.1, -0.05) is 53.5 Å². The van der Waals surface area contributed by atoms with E-state index in [4.69, 9.17) is 0 Å². The predicted octanol–water partition coefficient (Wildman–Crippen LogP) is -0.642. The van der Waals surface area contributed by atoms with Crippen molar-refractivity contribution in [1.82, 2.24) is 15.0 Å². The molecule has 0 aliphatic carbocycles. The van der Waals surface area contributed by atoms with Crippen molar-refractivity contribution in [3.05, 3.63) is 66.9 Å². The van der Waals surface area contributed by atoms with Crippen molar-refractivity contribution in [1.29, 1.82) is 0 Å². The molecule has 0 saturated carbocycles. The Morgan fingerprint density at radius 1 is 0.842 bits per heavy atom.